The summed E-state index contributed by atoms with van der Waals surface area (Å²) in [6.07, 6.45) is 0.0425. The van der Waals surface area contributed by atoms with Crippen LogP contribution in [0.3, 0.4) is 0 Å². The van der Waals surface area contributed by atoms with Crippen LogP contribution in [-0.2, 0) is 16.0 Å². The number of carboxylic acid groups (broad SMARTS) is 1. The highest BCUT2D eigenvalue weighted by molar-refractivity contribution is 5.98. The monoisotopic (exact) mass is 364 g/mol. The quantitative estimate of drug-likeness (QED) is 0.748. The van der Waals surface area contributed by atoms with Gasteiger partial charge in [-0.2, -0.15) is 5.26 Å². The molecule has 0 fully saturated rings. The Bertz CT molecular complexity index is 854. The Hall–Kier alpha value is -3.46. The average molecular weight is 364 g/mol. The van der Waals surface area contributed by atoms with Crippen molar-refractivity contribution in [2.24, 2.45) is 5.92 Å². The second-order valence-corrected chi connectivity index (χ2v) is 6.31. The predicted molar refractivity (Wildman–Crippen MR) is 99.0 cm³/mol. The van der Waals surface area contributed by atoms with Crippen LogP contribution in [0.4, 0.5) is 0 Å². The average Bonchev–Trinajstić information content (AvgIpc) is 2.68. The molecule has 2 aromatic carbocycles. The van der Waals surface area contributed by atoms with Gasteiger partial charge in [0.05, 0.1) is 23.6 Å². The molecule has 2 rings (SSSR count). The lowest BCUT2D eigenvalue weighted by Crippen LogP contribution is -2.43. The number of carbonyl (C=O) groups is 3. The number of rotatable bonds is 8. The molecule has 0 spiro atoms. The fourth-order valence-electron chi connectivity index (χ4n) is 2.56. The normalized spacial score (nSPS) is 12.4. The molecule has 0 radical (unpaired) electrons. The molecule has 6 heteroatoms. The lowest BCUT2D eigenvalue weighted by atomic mass is 9.95. The van der Waals surface area contributed by atoms with E-state index in [0.717, 1.165) is 5.56 Å². The molecular formula is C21H20N2O4. The first-order valence-corrected chi connectivity index (χ1v) is 8.51. The van der Waals surface area contributed by atoms with E-state index in [4.69, 9.17) is 10.4 Å². The minimum Gasteiger partial charge on any atom is -0.481 e. The van der Waals surface area contributed by atoms with Crippen molar-refractivity contribution < 1.29 is 19.5 Å². The lowest BCUT2D eigenvalue weighted by Gasteiger charge is -2.19. The zero-order valence-electron chi connectivity index (χ0n) is 14.9. The number of hydrogen-bond donors (Lipinski definition) is 2. The third-order valence-corrected chi connectivity index (χ3v) is 4.18. The highest BCUT2D eigenvalue weighted by Crippen LogP contribution is 2.12. The van der Waals surface area contributed by atoms with E-state index >= 15 is 0 Å². The Labute approximate surface area is 157 Å². The highest BCUT2D eigenvalue weighted by atomic mass is 16.4. The largest absolute Gasteiger partial charge is 0.481 e. The number of benzene rings is 2. The molecule has 2 atom stereocenters. The summed E-state index contributed by atoms with van der Waals surface area (Å²) < 4.78 is 0. The van der Waals surface area contributed by atoms with Gasteiger partial charge in [-0.1, -0.05) is 37.3 Å². The van der Waals surface area contributed by atoms with E-state index in [2.05, 4.69) is 5.32 Å². The van der Waals surface area contributed by atoms with Crippen molar-refractivity contribution >= 4 is 17.7 Å². The first kappa shape index (κ1) is 19.9. The van der Waals surface area contributed by atoms with Gasteiger partial charge in [-0.3, -0.25) is 14.4 Å². The van der Waals surface area contributed by atoms with Crippen molar-refractivity contribution in [2.45, 2.75) is 25.8 Å². The van der Waals surface area contributed by atoms with Gasteiger partial charge in [-0.05, 0) is 36.2 Å². The summed E-state index contributed by atoms with van der Waals surface area (Å²) in [7, 11) is 0. The van der Waals surface area contributed by atoms with Crippen LogP contribution in [0, 0.1) is 17.2 Å². The smallest absolute Gasteiger partial charge is 0.306 e. The molecule has 0 aliphatic heterocycles. The number of hydrogen-bond acceptors (Lipinski definition) is 4. The van der Waals surface area contributed by atoms with Gasteiger partial charge in [-0.15, -0.1) is 0 Å². The molecule has 0 saturated heterocycles. The summed E-state index contributed by atoms with van der Waals surface area (Å²) in [4.78, 5) is 36.1. The molecule has 6 nitrogen and oxygen atoms in total. The standard InChI is InChI=1S/C21H20N2O4/c1-14(21(26)27)11-19(24)18(12-15-7-9-16(13-22)10-8-15)23-20(25)17-5-3-2-4-6-17/h2-10,14,18H,11-12H2,1H3,(H,23,25)(H,26,27). The van der Waals surface area contributed by atoms with E-state index in [1.807, 2.05) is 6.07 Å². The summed E-state index contributed by atoms with van der Waals surface area (Å²) in [6, 6.07) is 16.4. The second-order valence-electron chi connectivity index (χ2n) is 6.31. The molecule has 0 aromatic heterocycles. The zero-order chi connectivity index (χ0) is 19.8. The van der Waals surface area contributed by atoms with Gasteiger partial charge in [-0.25, -0.2) is 0 Å². The Morgan fingerprint density at radius 3 is 2.26 bits per heavy atom. The van der Waals surface area contributed by atoms with E-state index in [-0.39, 0.29) is 18.6 Å². The van der Waals surface area contributed by atoms with Gasteiger partial charge < -0.3 is 10.4 Å². The van der Waals surface area contributed by atoms with E-state index < -0.39 is 23.8 Å². The van der Waals surface area contributed by atoms with Gasteiger partial charge in [0.2, 0.25) is 0 Å². The van der Waals surface area contributed by atoms with Gasteiger partial charge in [0.1, 0.15) is 0 Å². The fraction of sp³-hybridized carbons (Fsp3) is 0.238. The van der Waals surface area contributed by atoms with Crippen molar-refractivity contribution in [3.8, 4) is 6.07 Å². The van der Waals surface area contributed by atoms with Crippen LogP contribution in [-0.4, -0.2) is 28.8 Å². The number of nitrogens with one attached hydrogen (secondary N) is 1. The minimum atomic E-state index is -1.06. The third-order valence-electron chi connectivity index (χ3n) is 4.18. The number of nitriles is 1. The van der Waals surface area contributed by atoms with Crippen LogP contribution < -0.4 is 5.32 Å². The summed E-state index contributed by atoms with van der Waals surface area (Å²) in [5.41, 5.74) is 1.68. The second kappa shape index (κ2) is 9.30. The van der Waals surface area contributed by atoms with Gasteiger partial charge in [0.25, 0.3) is 5.91 Å². The van der Waals surface area contributed by atoms with E-state index in [9.17, 15) is 14.4 Å². The molecular weight excluding hydrogens is 344 g/mol. The number of Topliss-reactive ketones (excluding diaryl/α,β-unsaturated/α-hetero) is 1. The maximum Gasteiger partial charge on any atom is 0.306 e. The summed E-state index contributed by atoms with van der Waals surface area (Å²) in [5, 5.41) is 20.6. The fourth-order valence-corrected chi connectivity index (χ4v) is 2.56. The Morgan fingerprint density at radius 2 is 1.70 bits per heavy atom. The van der Waals surface area contributed by atoms with E-state index in [1.54, 1.807) is 54.6 Å². The summed E-state index contributed by atoms with van der Waals surface area (Å²) >= 11 is 0. The molecule has 0 aliphatic carbocycles. The zero-order valence-corrected chi connectivity index (χ0v) is 14.9. The maximum absolute atomic E-state index is 12.6. The predicted octanol–water partition coefficient (Wildman–Crippen LogP) is 2.58. The molecule has 2 aromatic rings. The molecule has 0 aliphatic rings. The first-order valence-electron chi connectivity index (χ1n) is 8.51. The van der Waals surface area contributed by atoms with Crippen LogP contribution in [0.25, 0.3) is 0 Å². The highest BCUT2D eigenvalue weighted by Gasteiger charge is 2.25. The number of aliphatic carboxylic acids is 1. The topological polar surface area (TPSA) is 107 Å². The lowest BCUT2D eigenvalue weighted by molar-refractivity contribution is -0.143. The van der Waals surface area contributed by atoms with Gasteiger partial charge in [0.15, 0.2) is 5.78 Å². The Morgan fingerprint density at radius 1 is 1.07 bits per heavy atom. The SMILES string of the molecule is CC(CC(=O)C(Cc1ccc(C#N)cc1)NC(=O)c1ccccc1)C(=O)O. The van der Waals surface area contributed by atoms with Crippen LogP contribution in [0.1, 0.15) is 34.8 Å². The molecule has 0 bridgehead atoms. The molecule has 2 N–H and O–H groups in total. The molecule has 0 heterocycles. The van der Waals surface area contributed by atoms with E-state index in [1.165, 1.54) is 6.92 Å². The third kappa shape index (κ3) is 5.79. The molecule has 27 heavy (non-hydrogen) atoms. The van der Waals surface area contributed by atoms with Crippen LogP contribution in [0.2, 0.25) is 0 Å². The first-order chi connectivity index (χ1) is 12.9. The number of ketones is 1. The summed E-state index contributed by atoms with van der Waals surface area (Å²) in [5.74, 6) is -2.64. The van der Waals surface area contributed by atoms with Gasteiger partial charge in [0, 0.05) is 12.0 Å². The van der Waals surface area contributed by atoms with Crippen LogP contribution in [0.15, 0.2) is 54.6 Å². The van der Waals surface area contributed by atoms with Crippen molar-refractivity contribution in [1.82, 2.24) is 5.32 Å². The Kier molecular flexibility index (Phi) is 6.84. The maximum atomic E-state index is 12.6. The minimum absolute atomic E-state index is 0.175. The van der Waals surface area contributed by atoms with Crippen molar-refractivity contribution in [3.63, 3.8) is 0 Å². The number of carboxylic acids is 1. The number of carbonyl (C=O) groups excluding carboxylic acids is 2. The van der Waals surface area contributed by atoms with E-state index in [0.29, 0.717) is 11.1 Å². The molecule has 0 saturated carbocycles. The van der Waals surface area contributed by atoms with Crippen molar-refractivity contribution in [3.05, 3.63) is 71.3 Å². The molecule has 2 unspecified atom stereocenters. The molecule has 1 amide bonds. The van der Waals surface area contributed by atoms with Crippen LogP contribution >= 0.6 is 0 Å². The van der Waals surface area contributed by atoms with Crippen molar-refractivity contribution in [1.29, 1.82) is 5.26 Å². The molecule has 138 valence electrons. The Balaban J connectivity index is 2.18. The van der Waals surface area contributed by atoms with Crippen molar-refractivity contribution in [2.75, 3.05) is 0 Å². The number of nitrogens with zero attached hydrogens (tertiary/aromatic N) is 1. The number of amides is 1. The van der Waals surface area contributed by atoms with Gasteiger partial charge >= 0.3 is 5.97 Å². The summed E-state index contributed by atoms with van der Waals surface area (Å²) in [6.45, 7) is 1.46. The van der Waals surface area contributed by atoms with Crippen LogP contribution in [0.5, 0.6) is 0 Å².